The minimum absolute atomic E-state index is 0.218. The number of anilines is 1. The van der Waals surface area contributed by atoms with E-state index in [2.05, 4.69) is 20.5 Å². The number of nitrogens with zero attached hydrogens (tertiary/aromatic N) is 3. The second-order valence-electron chi connectivity index (χ2n) is 7.12. The van der Waals surface area contributed by atoms with Crippen LogP contribution in [0.15, 0.2) is 58.5 Å². The van der Waals surface area contributed by atoms with E-state index >= 15 is 0 Å². The number of benzene rings is 2. The normalized spacial score (nSPS) is 11.7. The van der Waals surface area contributed by atoms with E-state index in [-0.39, 0.29) is 12.0 Å². The Labute approximate surface area is 194 Å². The maximum Gasteiger partial charge on any atom is 0.257 e. The van der Waals surface area contributed by atoms with E-state index in [1.165, 1.54) is 11.3 Å². The number of hydrogen-bond acceptors (Lipinski definition) is 9. The van der Waals surface area contributed by atoms with Crippen LogP contribution in [0.3, 0.4) is 0 Å². The molecule has 0 bridgehead atoms. The van der Waals surface area contributed by atoms with Gasteiger partial charge in [0.15, 0.2) is 5.13 Å². The molecule has 0 saturated carbocycles. The predicted molar refractivity (Wildman–Crippen MR) is 123 cm³/mol. The van der Waals surface area contributed by atoms with Crippen molar-refractivity contribution in [1.29, 1.82) is 0 Å². The largest absolute Gasteiger partial charge is 0.488 e. The topological polar surface area (TPSA) is 109 Å². The van der Waals surface area contributed by atoms with Crippen LogP contribution >= 0.6 is 11.3 Å². The van der Waals surface area contributed by atoms with Crippen LogP contribution in [0.2, 0.25) is 0 Å². The first-order valence-electron chi connectivity index (χ1n) is 10.1. The number of hydrogen-bond donors (Lipinski definition) is 1. The van der Waals surface area contributed by atoms with E-state index in [1.54, 1.807) is 55.9 Å². The van der Waals surface area contributed by atoms with Gasteiger partial charge in [-0.2, -0.15) is 0 Å². The molecule has 1 N–H and O–H groups in total. The number of rotatable bonds is 9. The molecule has 1 amide bonds. The molecular formula is C23H22N4O5S. The van der Waals surface area contributed by atoms with E-state index in [9.17, 15) is 4.79 Å². The Morgan fingerprint density at radius 1 is 1.15 bits per heavy atom. The van der Waals surface area contributed by atoms with Gasteiger partial charge in [-0.25, -0.2) is 4.98 Å². The van der Waals surface area contributed by atoms with Crippen LogP contribution in [0.5, 0.6) is 17.2 Å². The minimum atomic E-state index is -0.324. The quantitative estimate of drug-likeness (QED) is 0.369. The Balaban J connectivity index is 1.61. The monoisotopic (exact) mass is 466 g/mol. The highest BCUT2D eigenvalue weighted by Gasteiger charge is 2.15. The lowest BCUT2D eigenvalue weighted by Crippen LogP contribution is -2.18. The lowest BCUT2D eigenvalue weighted by Gasteiger charge is -2.16. The fourth-order valence-electron chi connectivity index (χ4n) is 3.03. The van der Waals surface area contributed by atoms with Crippen molar-refractivity contribution in [2.45, 2.75) is 20.0 Å². The van der Waals surface area contributed by atoms with Gasteiger partial charge in [-0.1, -0.05) is 6.07 Å². The zero-order valence-electron chi connectivity index (χ0n) is 18.3. The average molecular weight is 467 g/mol. The van der Waals surface area contributed by atoms with E-state index in [4.69, 9.17) is 18.6 Å². The molecule has 0 aliphatic carbocycles. The van der Waals surface area contributed by atoms with Crippen LogP contribution in [0.4, 0.5) is 5.13 Å². The van der Waals surface area contributed by atoms with E-state index < -0.39 is 0 Å². The van der Waals surface area contributed by atoms with Crippen molar-refractivity contribution >= 4 is 22.4 Å². The Hall–Kier alpha value is -3.76. The number of nitrogens with one attached hydrogen (secondary N) is 1. The summed E-state index contributed by atoms with van der Waals surface area (Å²) in [6.45, 7) is 4.00. The smallest absolute Gasteiger partial charge is 0.257 e. The summed E-state index contributed by atoms with van der Waals surface area (Å²) < 4.78 is 22.6. The summed E-state index contributed by atoms with van der Waals surface area (Å²) in [6.07, 6.45) is 1.41. The molecule has 0 unspecified atom stereocenters. The Morgan fingerprint density at radius 3 is 2.73 bits per heavy atom. The second-order valence-corrected chi connectivity index (χ2v) is 8.02. The number of carbonyl (C=O) groups excluding carboxylic acids is 1. The molecule has 0 spiro atoms. The molecule has 170 valence electrons. The molecule has 0 radical (unpaired) electrons. The molecule has 0 saturated heterocycles. The number of ether oxygens (including phenoxy) is 3. The number of aryl methyl sites for hydroxylation is 1. The van der Waals surface area contributed by atoms with Crippen LogP contribution in [-0.2, 0) is 4.74 Å². The summed E-state index contributed by atoms with van der Waals surface area (Å²) in [6, 6.07) is 12.3. The highest BCUT2D eigenvalue weighted by molar-refractivity contribution is 7.13. The van der Waals surface area contributed by atoms with Gasteiger partial charge in [0.1, 0.15) is 23.4 Å². The van der Waals surface area contributed by atoms with Crippen molar-refractivity contribution in [2.75, 3.05) is 19.0 Å². The molecule has 4 aromatic rings. The highest BCUT2D eigenvalue weighted by atomic mass is 32.1. The van der Waals surface area contributed by atoms with Gasteiger partial charge in [-0.3, -0.25) is 10.1 Å². The van der Waals surface area contributed by atoms with Crippen molar-refractivity contribution in [1.82, 2.24) is 15.2 Å². The van der Waals surface area contributed by atoms with Crippen molar-refractivity contribution in [3.05, 3.63) is 65.5 Å². The molecule has 0 fully saturated rings. The number of amides is 1. The summed E-state index contributed by atoms with van der Waals surface area (Å²) in [5.41, 5.74) is 1.09. The van der Waals surface area contributed by atoms with Crippen LogP contribution < -0.4 is 14.8 Å². The van der Waals surface area contributed by atoms with Crippen molar-refractivity contribution in [3.63, 3.8) is 0 Å². The zero-order valence-corrected chi connectivity index (χ0v) is 19.1. The Kier molecular flexibility index (Phi) is 6.96. The first-order valence-corrected chi connectivity index (χ1v) is 11.0. The van der Waals surface area contributed by atoms with E-state index in [0.717, 1.165) is 5.56 Å². The molecule has 0 aliphatic rings. The van der Waals surface area contributed by atoms with Crippen molar-refractivity contribution in [3.8, 4) is 28.7 Å². The lowest BCUT2D eigenvalue weighted by molar-refractivity contribution is 0.0916. The van der Waals surface area contributed by atoms with Crippen LogP contribution in [0.25, 0.3) is 11.5 Å². The number of aromatic nitrogens is 3. The van der Waals surface area contributed by atoms with Gasteiger partial charge in [0.05, 0.1) is 6.61 Å². The van der Waals surface area contributed by atoms with Crippen molar-refractivity contribution in [2.24, 2.45) is 0 Å². The second kappa shape index (κ2) is 10.2. The summed E-state index contributed by atoms with van der Waals surface area (Å²) in [5, 5.41) is 13.0. The number of thiazole rings is 1. The maximum atomic E-state index is 12.8. The third kappa shape index (κ3) is 5.93. The Morgan fingerprint density at radius 2 is 2.00 bits per heavy atom. The molecule has 2 heterocycles. The average Bonchev–Trinajstić information content (AvgIpc) is 3.45. The Bertz CT molecular complexity index is 1230. The van der Waals surface area contributed by atoms with Gasteiger partial charge < -0.3 is 18.6 Å². The summed E-state index contributed by atoms with van der Waals surface area (Å²) in [5.74, 6) is 1.99. The van der Waals surface area contributed by atoms with Gasteiger partial charge in [-0.15, -0.1) is 21.5 Å². The van der Waals surface area contributed by atoms with E-state index in [1.807, 2.05) is 19.1 Å². The SMILES string of the molecule is COC[C@@H](C)Oc1cc(Oc2cccc(-c3nnc(C)o3)c2)cc(C(=O)Nc2nccs2)c1. The van der Waals surface area contributed by atoms with Crippen LogP contribution in [-0.4, -0.2) is 40.9 Å². The summed E-state index contributed by atoms with van der Waals surface area (Å²) in [7, 11) is 1.60. The minimum Gasteiger partial charge on any atom is -0.488 e. The van der Waals surface area contributed by atoms with Crippen molar-refractivity contribution < 1.29 is 23.4 Å². The molecule has 4 rings (SSSR count). The third-order valence-corrected chi connectivity index (χ3v) is 5.06. The lowest BCUT2D eigenvalue weighted by atomic mass is 10.1. The standard InChI is InChI=1S/C23H22N4O5S/c1-14(13-29-3)30-19-10-17(21(28)25-23-24-7-8-33-23)11-20(12-19)32-18-6-4-5-16(9-18)22-27-26-15(2)31-22/h4-12,14H,13H2,1-3H3,(H,24,25,28)/t14-/m1/s1. The van der Waals surface area contributed by atoms with Crippen LogP contribution in [0.1, 0.15) is 23.2 Å². The first kappa shape index (κ1) is 22.4. The van der Waals surface area contributed by atoms with Gasteiger partial charge in [-0.05, 0) is 37.3 Å². The fourth-order valence-corrected chi connectivity index (χ4v) is 3.55. The molecule has 2 aromatic heterocycles. The molecule has 2 aromatic carbocycles. The summed E-state index contributed by atoms with van der Waals surface area (Å²) in [4.78, 5) is 16.9. The fraction of sp³-hybridized carbons (Fsp3) is 0.217. The molecule has 9 nitrogen and oxygen atoms in total. The third-order valence-electron chi connectivity index (χ3n) is 4.38. The molecule has 10 heteroatoms. The van der Waals surface area contributed by atoms with Gasteiger partial charge in [0, 0.05) is 42.8 Å². The molecular weight excluding hydrogens is 444 g/mol. The van der Waals surface area contributed by atoms with Gasteiger partial charge in [0.2, 0.25) is 11.8 Å². The molecule has 1 atom stereocenters. The maximum absolute atomic E-state index is 12.8. The number of methoxy groups -OCH3 is 1. The predicted octanol–water partition coefficient (Wildman–Crippen LogP) is 4.96. The molecule has 0 aliphatic heterocycles. The molecule has 33 heavy (non-hydrogen) atoms. The first-order chi connectivity index (χ1) is 16.0. The van der Waals surface area contributed by atoms with Gasteiger partial charge >= 0.3 is 0 Å². The van der Waals surface area contributed by atoms with Crippen LogP contribution in [0, 0.1) is 6.92 Å². The van der Waals surface area contributed by atoms with Gasteiger partial charge in [0.25, 0.3) is 5.91 Å². The number of carbonyl (C=O) groups is 1. The van der Waals surface area contributed by atoms with E-state index in [0.29, 0.717) is 46.3 Å². The highest BCUT2D eigenvalue weighted by Crippen LogP contribution is 2.31. The summed E-state index contributed by atoms with van der Waals surface area (Å²) >= 11 is 1.33. The zero-order chi connectivity index (χ0) is 23.2.